The van der Waals surface area contributed by atoms with Gasteiger partial charge >= 0.3 is 5.97 Å². The maximum absolute atomic E-state index is 12.4. The maximum atomic E-state index is 12.4. The normalized spacial score (nSPS) is 26.2. The van der Waals surface area contributed by atoms with Crippen molar-refractivity contribution in [3.8, 4) is 0 Å². The molecule has 0 aromatic carbocycles. The highest BCUT2D eigenvalue weighted by Gasteiger charge is 2.36. The minimum Gasteiger partial charge on any atom is -0.480 e. The second-order valence-electron chi connectivity index (χ2n) is 5.92. The van der Waals surface area contributed by atoms with Gasteiger partial charge in [-0.15, -0.1) is 0 Å². The average Bonchev–Trinajstić information content (AvgIpc) is 2.77. The van der Waals surface area contributed by atoms with Gasteiger partial charge in [0.05, 0.1) is 6.10 Å². The van der Waals surface area contributed by atoms with Crippen molar-refractivity contribution in [1.29, 1.82) is 0 Å². The van der Waals surface area contributed by atoms with Crippen molar-refractivity contribution in [2.75, 3.05) is 6.54 Å². The van der Waals surface area contributed by atoms with Crippen molar-refractivity contribution in [3.63, 3.8) is 0 Å². The number of carbonyl (C=O) groups is 2. The quantitative estimate of drug-likeness (QED) is 0.803. The van der Waals surface area contributed by atoms with Crippen molar-refractivity contribution in [2.45, 2.75) is 76.5 Å². The number of carboxylic acid groups (broad SMARTS) is 1. The standard InChI is InChI=1S/C15H25NO4/c1-11(20-12-7-4-2-3-5-8-12)14(17)16-10-6-9-13(16)15(18)19/h11-13H,2-10H2,1H3,(H,18,19). The zero-order valence-corrected chi connectivity index (χ0v) is 12.2. The highest BCUT2D eigenvalue weighted by Crippen LogP contribution is 2.23. The Balaban J connectivity index is 1.89. The van der Waals surface area contributed by atoms with Crippen molar-refractivity contribution < 1.29 is 19.4 Å². The van der Waals surface area contributed by atoms with E-state index in [0.29, 0.717) is 13.0 Å². The first-order chi connectivity index (χ1) is 9.59. The summed E-state index contributed by atoms with van der Waals surface area (Å²) < 4.78 is 5.89. The lowest BCUT2D eigenvalue weighted by Crippen LogP contribution is -2.46. The third-order valence-electron chi connectivity index (χ3n) is 4.37. The number of amides is 1. The predicted molar refractivity (Wildman–Crippen MR) is 74.4 cm³/mol. The van der Waals surface area contributed by atoms with Crippen LogP contribution in [0.4, 0.5) is 0 Å². The molecule has 0 radical (unpaired) electrons. The zero-order valence-electron chi connectivity index (χ0n) is 12.2. The number of nitrogens with zero attached hydrogens (tertiary/aromatic N) is 1. The number of ether oxygens (including phenoxy) is 1. The Hall–Kier alpha value is -1.10. The van der Waals surface area contributed by atoms with E-state index in [-0.39, 0.29) is 12.0 Å². The van der Waals surface area contributed by atoms with E-state index in [9.17, 15) is 9.59 Å². The van der Waals surface area contributed by atoms with E-state index in [2.05, 4.69) is 0 Å². The van der Waals surface area contributed by atoms with Crippen LogP contribution in [0, 0.1) is 0 Å². The van der Waals surface area contributed by atoms with E-state index in [0.717, 1.165) is 32.1 Å². The van der Waals surface area contributed by atoms with E-state index in [1.807, 2.05) is 0 Å². The van der Waals surface area contributed by atoms with E-state index < -0.39 is 18.1 Å². The Morgan fingerprint density at radius 1 is 1.10 bits per heavy atom. The van der Waals surface area contributed by atoms with E-state index in [1.54, 1.807) is 6.92 Å². The largest absolute Gasteiger partial charge is 0.480 e. The molecule has 0 spiro atoms. The number of hydrogen-bond acceptors (Lipinski definition) is 3. The van der Waals surface area contributed by atoms with Gasteiger partial charge in [0.15, 0.2) is 0 Å². The molecule has 5 nitrogen and oxygen atoms in total. The molecule has 2 unspecified atom stereocenters. The summed E-state index contributed by atoms with van der Waals surface area (Å²) in [6.45, 7) is 2.29. The number of aliphatic carboxylic acids is 1. The summed E-state index contributed by atoms with van der Waals surface area (Å²) >= 11 is 0. The topological polar surface area (TPSA) is 66.8 Å². The van der Waals surface area contributed by atoms with Gasteiger partial charge < -0.3 is 14.7 Å². The summed E-state index contributed by atoms with van der Waals surface area (Å²) in [7, 11) is 0. The molecular weight excluding hydrogens is 258 g/mol. The molecule has 1 aliphatic carbocycles. The Bertz CT molecular complexity index is 350. The Kier molecular flexibility index (Phi) is 5.40. The van der Waals surface area contributed by atoms with Gasteiger partial charge in [-0.05, 0) is 32.6 Å². The summed E-state index contributed by atoms with van der Waals surface area (Å²) in [6.07, 6.45) is 7.78. The van der Waals surface area contributed by atoms with Gasteiger partial charge in [0.25, 0.3) is 5.91 Å². The summed E-state index contributed by atoms with van der Waals surface area (Å²) in [5.74, 6) is -1.07. The number of carboxylic acids is 1. The van der Waals surface area contributed by atoms with E-state index >= 15 is 0 Å². The molecule has 1 amide bonds. The van der Waals surface area contributed by atoms with Crippen molar-refractivity contribution in [1.82, 2.24) is 4.90 Å². The van der Waals surface area contributed by atoms with Crippen LogP contribution in [0.25, 0.3) is 0 Å². The second-order valence-corrected chi connectivity index (χ2v) is 5.92. The summed E-state index contributed by atoms with van der Waals surface area (Å²) in [4.78, 5) is 25.0. The van der Waals surface area contributed by atoms with Gasteiger partial charge in [-0.3, -0.25) is 4.79 Å². The van der Waals surface area contributed by atoms with Gasteiger partial charge in [0.2, 0.25) is 0 Å². The Labute approximate surface area is 120 Å². The van der Waals surface area contributed by atoms with Crippen LogP contribution in [0.3, 0.4) is 0 Å². The second kappa shape index (κ2) is 7.07. The monoisotopic (exact) mass is 283 g/mol. The van der Waals surface area contributed by atoms with Crippen LogP contribution in [-0.2, 0) is 14.3 Å². The minimum atomic E-state index is -0.905. The Morgan fingerprint density at radius 2 is 1.75 bits per heavy atom. The fourth-order valence-electron chi connectivity index (χ4n) is 3.25. The van der Waals surface area contributed by atoms with Crippen LogP contribution < -0.4 is 0 Å². The highest BCUT2D eigenvalue weighted by atomic mass is 16.5. The van der Waals surface area contributed by atoms with Crippen LogP contribution in [-0.4, -0.2) is 46.7 Å². The number of rotatable bonds is 4. The van der Waals surface area contributed by atoms with E-state index in [4.69, 9.17) is 9.84 Å². The van der Waals surface area contributed by atoms with Crippen molar-refractivity contribution in [3.05, 3.63) is 0 Å². The van der Waals surface area contributed by atoms with Gasteiger partial charge in [-0.1, -0.05) is 25.7 Å². The molecule has 0 bridgehead atoms. The highest BCUT2D eigenvalue weighted by molar-refractivity contribution is 5.86. The molecule has 2 rings (SSSR count). The average molecular weight is 283 g/mol. The first-order valence-corrected chi connectivity index (χ1v) is 7.78. The lowest BCUT2D eigenvalue weighted by molar-refractivity contribution is -0.155. The lowest BCUT2D eigenvalue weighted by atomic mass is 10.1. The molecule has 0 aromatic heterocycles. The van der Waals surface area contributed by atoms with Crippen molar-refractivity contribution >= 4 is 11.9 Å². The maximum Gasteiger partial charge on any atom is 0.326 e. The van der Waals surface area contributed by atoms with Crippen LogP contribution in [0.2, 0.25) is 0 Å². The molecule has 1 N–H and O–H groups in total. The zero-order chi connectivity index (χ0) is 14.5. The fraction of sp³-hybridized carbons (Fsp3) is 0.867. The third kappa shape index (κ3) is 3.72. The molecule has 1 saturated heterocycles. The third-order valence-corrected chi connectivity index (χ3v) is 4.37. The molecular formula is C15H25NO4. The molecule has 2 fully saturated rings. The van der Waals surface area contributed by atoms with Crippen molar-refractivity contribution in [2.24, 2.45) is 0 Å². The first-order valence-electron chi connectivity index (χ1n) is 7.78. The molecule has 1 aliphatic heterocycles. The van der Waals surface area contributed by atoms with Crippen LogP contribution in [0.5, 0.6) is 0 Å². The molecule has 114 valence electrons. The first kappa shape index (κ1) is 15.3. The molecule has 2 aliphatic rings. The molecule has 2 atom stereocenters. The van der Waals surface area contributed by atoms with Gasteiger partial charge in [0, 0.05) is 6.54 Å². The molecule has 1 heterocycles. The van der Waals surface area contributed by atoms with Gasteiger partial charge in [-0.2, -0.15) is 0 Å². The number of carbonyl (C=O) groups excluding carboxylic acids is 1. The SMILES string of the molecule is CC(OC1CCCCCC1)C(=O)N1CCCC1C(=O)O. The molecule has 5 heteroatoms. The predicted octanol–water partition coefficient (Wildman–Crippen LogP) is 2.19. The van der Waals surface area contributed by atoms with E-state index in [1.165, 1.54) is 17.7 Å². The van der Waals surface area contributed by atoms with Crippen LogP contribution >= 0.6 is 0 Å². The van der Waals surface area contributed by atoms with Gasteiger partial charge in [0.1, 0.15) is 12.1 Å². The Morgan fingerprint density at radius 3 is 2.35 bits per heavy atom. The molecule has 1 saturated carbocycles. The molecule has 0 aromatic rings. The van der Waals surface area contributed by atoms with Crippen LogP contribution in [0.1, 0.15) is 58.3 Å². The van der Waals surface area contributed by atoms with Crippen LogP contribution in [0.15, 0.2) is 0 Å². The minimum absolute atomic E-state index is 0.155. The fourth-order valence-corrected chi connectivity index (χ4v) is 3.25. The summed E-state index contributed by atoms with van der Waals surface area (Å²) in [6, 6.07) is -0.664. The summed E-state index contributed by atoms with van der Waals surface area (Å²) in [5.41, 5.74) is 0. The number of likely N-dealkylation sites (tertiary alicyclic amines) is 1. The van der Waals surface area contributed by atoms with Gasteiger partial charge in [-0.25, -0.2) is 4.79 Å². The smallest absolute Gasteiger partial charge is 0.326 e. The summed E-state index contributed by atoms with van der Waals surface area (Å²) in [5, 5.41) is 9.14. The lowest BCUT2D eigenvalue weighted by Gasteiger charge is -2.27. The molecule has 20 heavy (non-hydrogen) atoms. The number of hydrogen-bond donors (Lipinski definition) is 1.